The fourth-order valence-corrected chi connectivity index (χ4v) is 2.66. The number of sulfonamides is 1. The summed E-state index contributed by atoms with van der Waals surface area (Å²) in [5, 5.41) is 8.66. The Bertz CT molecular complexity index is 670. The lowest BCUT2D eigenvalue weighted by atomic mass is 10.1. The second-order valence-corrected chi connectivity index (χ2v) is 5.84. The lowest BCUT2D eigenvalue weighted by Gasteiger charge is -2.11. The molecule has 114 valence electrons. The first-order valence-electron chi connectivity index (χ1n) is 6.21. The van der Waals surface area contributed by atoms with Crippen molar-refractivity contribution >= 4 is 21.7 Å². The van der Waals surface area contributed by atoms with Crippen molar-refractivity contribution in [3.8, 4) is 11.8 Å². The molecule has 0 unspecified atom stereocenters. The number of methoxy groups -OCH3 is 1. The Balaban J connectivity index is 3.00. The number of hydrogen-bond donors (Lipinski definition) is 2. The van der Waals surface area contributed by atoms with Crippen molar-refractivity contribution in [3.05, 3.63) is 29.3 Å². The van der Waals surface area contributed by atoms with E-state index in [0.29, 0.717) is 17.7 Å². The number of rotatable bonds is 5. The molecule has 0 amide bonds. The van der Waals surface area contributed by atoms with Crippen molar-refractivity contribution in [1.82, 2.24) is 0 Å². The number of carbonyl (C=O) groups excluding carboxylic acids is 1. The van der Waals surface area contributed by atoms with Crippen molar-refractivity contribution in [2.24, 2.45) is 0 Å². The second-order valence-electron chi connectivity index (χ2n) is 4.12. The van der Waals surface area contributed by atoms with Crippen LogP contribution in [0.15, 0.2) is 18.2 Å². The van der Waals surface area contributed by atoms with Gasteiger partial charge >= 0.3 is 5.97 Å². The van der Waals surface area contributed by atoms with Crippen molar-refractivity contribution < 1.29 is 23.1 Å². The van der Waals surface area contributed by atoms with E-state index in [1.54, 1.807) is 18.2 Å². The number of ether oxygens (including phenoxy) is 1. The summed E-state index contributed by atoms with van der Waals surface area (Å²) in [6, 6.07) is 4.95. The van der Waals surface area contributed by atoms with Gasteiger partial charge in [-0.05, 0) is 30.2 Å². The number of anilines is 1. The highest BCUT2D eigenvalue weighted by atomic mass is 32.2. The molecule has 0 aliphatic carbocycles. The highest BCUT2D eigenvalue weighted by molar-refractivity contribution is 7.93. The number of aliphatic hydroxyl groups excluding tert-OH is 1. The zero-order valence-corrected chi connectivity index (χ0v) is 12.7. The number of aryl methyl sites for hydroxylation is 1. The fourth-order valence-electron chi connectivity index (χ4n) is 1.62. The van der Waals surface area contributed by atoms with Crippen molar-refractivity contribution in [3.63, 3.8) is 0 Å². The van der Waals surface area contributed by atoms with Gasteiger partial charge in [0.2, 0.25) is 10.0 Å². The smallest absolute Gasteiger partial charge is 0.322 e. The molecule has 0 saturated carbocycles. The molecule has 0 aliphatic rings. The van der Waals surface area contributed by atoms with Gasteiger partial charge in [-0.2, -0.15) is 0 Å². The Morgan fingerprint density at radius 2 is 2.14 bits per heavy atom. The van der Waals surface area contributed by atoms with Crippen LogP contribution < -0.4 is 4.72 Å². The molecule has 0 heterocycles. The van der Waals surface area contributed by atoms with Crippen LogP contribution in [0.2, 0.25) is 0 Å². The summed E-state index contributed by atoms with van der Waals surface area (Å²) in [6.07, 6.45) is 0.588. The number of esters is 1. The first-order valence-corrected chi connectivity index (χ1v) is 7.87. The van der Waals surface area contributed by atoms with Crippen molar-refractivity contribution in [2.75, 3.05) is 24.2 Å². The Labute approximate surface area is 124 Å². The molecule has 2 N–H and O–H groups in total. The molecule has 1 aromatic rings. The van der Waals surface area contributed by atoms with Crippen LogP contribution >= 0.6 is 0 Å². The van der Waals surface area contributed by atoms with Gasteiger partial charge in [0.25, 0.3) is 0 Å². The van der Waals surface area contributed by atoms with Crippen LogP contribution in [0.5, 0.6) is 0 Å². The average molecular weight is 311 g/mol. The van der Waals surface area contributed by atoms with Gasteiger partial charge in [-0.1, -0.05) is 18.8 Å². The van der Waals surface area contributed by atoms with Gasteiger partial charge in [0.15, 0.2) is 5.75 Å². The van der Waals surface area contributed by atoms with Crippen LogP contribution in [-0.2, 0) is 26.0 Å². The zero-order valence-electron chi connectivity index (χ0n) is 11.8. The van der Waals surface area contributed by atoms with Gasteiger partial charge in [-0.3, -0.25) is 9.52 Å². The van der Waals surface area contributed by atoms with E-state index in [0.717, 1.165) is 12.7 Å². The maximum atomic E-state index is 11.8. The minimum Gasteiger partial charge on any atom is -0.468 e. The lowest BCUT2D eigenvalue weighted by Crippen LogP contribution is -2.24. The van der Waals surface area contributed by atoms with Crippen LogP contribution in [0, 0.1) is 11.8 Å². The van der Waals surface area contributed by atoms with E-state index in [1.807, 2.05) is 6.92 Å². The molecule has 1 rings (SSSR count). The van der Waals surface area contributed by atoms with Gasteiger partial charge in [-0.25, -0.2) is 8.42 Å². The summed E-state index contributed by atoms with van der Waals surface area (Å²) < 4.78 is 30.3. The molecule has 0 aliphatic heterocycles. The van der Waals surface area contributed by atoms with E-state index < -0.39 is 21.7 Å². The molecule has 21 heavy (non-hydrogen) atoms. The topological polar surface area (TPSA) is 92.7 Å². The SMILES string of the molecule is CCc1cc(C#CCO)ccc1NS(=O)(=O)CC(=O)OC. The molecule has 0 saturated heterocycles. The molecule has 0 bridgehead atoms. The summed E-state index contributed by atoms with van der Waals surface area (Å²) in [4.78, 5) is 11.1. The van der Waals surface area contributed by atoms with Gasteiger partial charge < -0.3 is 9.84 Å². The zero-order chi connectivity index (χ0) is 15.9. The predicted octanol–water partition coefficient (Wildman–Crippen LogP) is 0.507. The van der Waals surface area contributed by atoms with Gasteiger partial charge in [0.1, 0.15) is 6.61 Å². The van der Waals surface area contributed by atoms with E-state index in [-0.39, 0.29) is 6.61 Å². The van der Waals surface area contributed by atoms with E-state index in [2.05, 4.69) is 21.3 Å². The van der Waals surface area contributed by atoms with E-state index in [1.165, 1.54) is 0 Å². The maximum absolute atomic E-state index is 11.8. The third-order valence-electron chi connectivity index (χ3n) is 2.60. The molecular formula is C14H17NO5S. The van der Waals surface area contributed by atoms with E-state index >= 15 is 0 Å². The quantitative estimate of drug-likeness (QED) is 0.610. The molecule has 6 nitrogen and oxygen atoms in total. The maximum Gasteiger partial charge on any atom is 0.322 e. The minimum atomic E-state index is -3.81. The Morgan fingerprint density at radius 3 is 2.71 bits per heavy atom. The van der Waals surface area contributed by atoms with Crippen molar-refractivity contribution in [1.29, 1.82) is 0 Å². The monoisotopic (exact) mass is 311 g/mol. The molecule has 0 aromatic heterocycles. The average Bonchev–Trinajstić information content (AvgIpc) is 2.45. The summed E-state index contributed by atoms with van der Waals surface area (Å²) >= 11 is 0. The first-order chi connectivity index (χ1) is 9.91. The summed E-state index contributed by atoms with van der Waals surface area (Å²) in [7, 11) is -2.68. The molecule has 1 aromatic carbocycles. The van der Waals surface area contributed by atoms with Gasteiger partial charge in [0.05, 0.1) is 12.8 Å². The Hall–Kier alpha value is -2.04. The van der Waals surface area contributed by atoms with Gasteiger partial charge in [-0.15, -0.1) is 0 Å². The molecule has 0 fully saturated rings. The largest absolute Gasteiger partial charge is 0.468 e. The van der Waals surface area contributed by atoms with Crippen LogP contribution in [-0.4, -0.2) is 39.0 Å². The van der Waals surface area contributed by atoms with Crippen LogP contribution in [0.3, 0.4) is 0 Å². The standard InChI is InChI=1S/C14H17NO5S/c1-3-12-9-11(5-4-8-16)6-7-13(12)15-21(18,19)10-14(17)20-2/h6-7,9,15-16H,3,8,10H2,1-2H3. The minimum absolute atomic E-state index is 0.241. The summed E-state index contributed by atoms with van der Waals surface area (Å²) in [5.74, 6) is 3.71. The highest BCUT2D eigenvalue weighted by Crippen LogP contribution is 2.19. The van der Waals surface area contributed by atoms with Crippen LogP contribution in [0.25, 0.3) is 0 Å². The predicted molar refractivity (Wildman–Crippen MR) is 79.2 cm³/mol. The number of carbonyl (C=O) groups is 1. The number of benzene rings is 1. The molecule has 0 spiro atoms. The summed E-state index contributed by atoms with van der Waals surface area (Å²) in [6.45, 7) is 1.63. The van der Waals surface area contributed by atoms with E-state index in [4.69, 9.17) is 5.11 Å². The fraction of sp³-hybridized carbons (Fsp3) is 0.357. The number of aliphatic hydroxyl groups is 1. The summed E-state index contributed by atoms with van der Waals surface area (Å²) in [5.41, 5.74) is 1.82. The molecule has 0 atom stereocenters. The highest BCUT2D eigenvalue weighted by Gasteiger charge is 2.18. The van der Waals surface area contributed by atoms with Crippen molar-refractivity contribution in [2.45, 2.75) is 13.3 Å². The molecular weight excluding hydrogens is 294 g/mol. The Kier molecular flexibility index (Phi) is 6.21. The second kappa shape index (κ2) is 7.67. The molecule has 7 heteroatoms. The van der Waals surface area contributed by atoms with Crippen LogP contribution in [0.4, 0.5) is 5.69 Å². The van der Waals surface area contributed by atoms with Crippen LogP contribution in [0.1, 0.15) is 18.1 Å². The number of hydrogen-bond acceptors (Lipinski definition) is 5. The Morgan fingerprint density at radius 1 is 1.43 bits per heavy atom. The van der Waals surface area contributed by atoms with E-state index in [9.17, 15) is 13.2 Å². The number of nitrogens with one attached hydrogen (secondary N) is 1. The normalized spacial score (nSPS) is 10.4. The lowest BCUT2D eigenvalue weighted by molar-refractivity contribution is -0.137. The molecule has 0 radical (unpaired) electrons. The van der Waals surface area contributed by atoms with Gasteiger partial charge in [0, 0.05) is 5.56 Å². The third kappa shape index (κ3) is 5.45. The third-order valence-corrected chi connectivity index (χ3v) is 3.75. The first kappa shape index (κ1) is 17.0.